The number of carbonyl (C=O) groups is 1. The summed E-state index contributed by atoms with van der Waals surface area (Å²) in [6.07, 6.45) is 3.22. The maximum atomic E-state index is 11.8. The van der Waals surface area contributed by atoms with E-state index in [0.717, 1.165) is 10.2 Å². The van der Waals surface area contributed by atoms with Crippen molar-refractivity contribution in [3.8, 4) is 0 Å². The van der Waals surface area contributed by atoms with Crippen LogP contribution in [-0.4, -0.2) is 15.9 Å². The number of nitrogens with one attached hydrogen (secondary N) is 2. The monoisotopic (exact) mass is 313 g/mol. The summed E-state index contributed by atoms with van der Waals surface area (Å²) >= 11 is 9.26. The summed E-state index contributed by atoms with van der Waals surface area (Å²) in [7, 11) is 0. The minimum absolute atomic E-state index is 0.211. The zero-order valence-corrected chi connectivity index (χ0v) is 11.0. The first-order valence-electron chi connectivity index (χ1n) is 4.87. The molecule has 1 aromatic heterocycles. The summed E-state index contributed by atoms with van der Waals surface area (Å²) < 4.78 is 0.840. The molecule has 0 aliphatic heterocycles. The molecule has 0 aliphatic rings. The van der Waals surface area contributed by atoms with Gasteiger partial charge in [0.1, 0.15) is 0 Å². The van der Waals surface area contributed by atoms with Crippen LogP contribution < -0.4 is 5.32 Å². The molecule has 0 saturated heterocycles. The summed E-state index contributed by atoms with van der Waals surface area (Å²) in [5, 5.41) is 3.17. The lowest BCUT2D eigenvalue weighted by molar-refractivity contribution is 0.0950. The van der Waals surface area contributed by atoms with Gasteiger partial charge in [0.05, 0.1) is 29.2 Å². The number of aromatic nitrogens is 2. The molecule has 2 rings (SSSR count). The normalized spacial score (nSPS) is 10.2. The second kappa shape index (κ2) is 5.33. The van der Waals surface area contributed by atoms with Gasteiger partial charge in [0.25, 0.3) is 5.91 Å². The lowest BCUT2D eigenvalue weighted by Crippen LogP contribution is -2.23. The van der Waals surface area contributed by atoms with Crippen molar-refractivity contribution < 1.29 is 4.79 Å². The molecule has 0 saturated carbocycles. The van der Waals surface area contributed by atoms with Crippen LogP contribution in [0.3, 0.4) is 0 Å². The van der Waals surface area contributed by atoms with Gasteiger partial charge in [0.15, 0.2) is 0 Å². The summed E-state index contributed by atoms with van der Waals surface area (Å²) in [5.41, 5.74) is 1.29. The lowest BCUT2D eigenvalue weighted by Gasteiger charge is -2.05. The lowest BCUT2D eigenvalue weighted by atomic mass is 10.2. The molecule has 0 atom stereocenters. The van der Waals surface area contributed by atoms with Crippen LogP contribution in [0.2, 0.25) is 5.02 Å². The van der Waals surface area contributed by atoms with Crippen molar-refractivity contribution in [3.05, 3.63) is 51.5 Å². The Balaban J connectivity index is 2.04. The van der Waals surface area contributed by atoms with Crippen LogP contribution in [0, 0.1) is 0 Å². The van der Waals surface area contributed by atoms with Gasteiger partial charge in [-0.15, -0.1) is 0 Å². The largest absolute Gasteiger partial charge is 0.347 e. The molecule has 17 heavy (non-hydrogen) atoms. The van der Waals surface area contributed by atoms with Gasteiger partial charge in [-0.2, -0.15) is 0 Å². The van der Waals surface area contributed by atoms with Crippen molar-refractivity contribution in [2.75, 3.05) is 0 Å². The van der Waals surface area contributed by atoms with E-state index in [1.165, 1.54) is 0 Å². The fourth-order valence-corrected chi connectivity index (χ4v) is 2.08. The second-order valence-corrected chi connectivity index (χ2v) is 4.71. The Morgan fingerprint density at radius 1 is 1.53 bits per heavy atom. The number of benzene rings is 1. The Bertz CT molecular complexity index is 528. The zero-order chi connectivity index (χ0) is 12.3. The third-order valence-corrected chi connectivity index (χ3v) is 2.98. The molecule has 1 amide bonds. The number of amides is 1. The molecule has 0 aliphatic carbocycles. The smallest absolute Gasteiger partial charge is 0.253 e. The first kappa shape index (κ1) is 12.1. The SMILES string of the molecule is O=C(NCc1cnc[nH]1)c1ccc(Br)cc1Cl. The van der Waals surface area contributed by atoms with Gasteiger partial charge in [0, 0.05) is 10.7 Å². The number of nitrogens with zero attached hydrogens (tertiary/aromatic N) is 1. The van der Waals surface area contributed by atoms with Crippen LogP contribution in [0.15, 0.2) is 35.2 Å². The molecule has 0 spiro atoms. The molecule has 6 heteroatoms. The standard InChI is InChI=1S/C11H9BrClN3O/c12-7-1-2-9(10(13)3-7)11(17)15-5-8-4-14-6-16-8/h1-4,6H,5H2,(H,14,16)(H,15,17). The van der Waals surface area contributed by atoms with E-state index in [0.29, 0.717) is 17.1 Å². The maximum Gasteiger partial charge on any atom is 0.253 e. The highest BCUT2D eigenvalue weighted by atomic mass is 79.9. The van der Waals surface area contributed by atoms with E-state index >= 15 is 0 Å². The molecule has 88 valence electrons. The van der Waals surface area contributed by atoms with Gasteiger partial charge in [-0.3, -0.25) is 4.79 Å². The molecular weight excluding hydrogens is 305 g/mol. The van der Waals surface area contributed by atoms with Crippen molar-refractivity contribution in [1.29, 1.82) is 0 Å². The highest BCUT2D eigenvalue weighted by Crippen LogP contribution is 2.21. The van der Waals surface area contributed by atoms with E-state index in [4.69, 9.17) is 11.6 Å². The van der Waals surface area contributed by atoms with Crippen LogP contribution >= 0.6 is 27.5 Å². The molecule has 4 nitrogen and oxygen atoms in total. The Kier molecular flexibility index (Phi) is 3.81. The van der Waals surface area contributed by atoms with Crippen molar-refractivity contribution in [2.24, 2.45) is 0 Å². The Morgan fingerprint density at radius 2 is 2.35 bits per heavy atom. The number of aromatic amines is 1. The van der Waals surface area contributed by atoms with Gasteiger partial charge in [-0.25, -0.2) is 4.98 Å². The zero-order valence-electron chi connectivity index (χ0n) is 8.71. The Morgan fingerprint density at radius 3 is 3.00 bits per heavy atom. The number of hydrogen-bond donors (Lipinski definition) is 2. The average molecular weight is 315 g/mol. The van der Waals surface area contributed by atoms with Crippen LogP contribution in [-0.2, 0) is 6.54 Å². The van der Waals surface area contributed by atoms with E-state index in [-0.39, 0.29) is 5.91 Å². The molecule has 0 unspecified atom stereocenters. The Labute approximate surface area is 112 Å². The summed E-state index contributed by atoms with van der Waals surface area (Å²) in [5.74, 6) is -0.211. The molecule has 0 bridgehead atoms. The van der Waals surface area contributed by atoms with Crippen LogP contribution in [0.4, 0.5) is 0 Å². The minimum Gasteiger partial charge on any atom is -0.347 e. The summed E-state index contributed by atoms with van der Waals surface area (Å²) in [6.45, 7) is 0.394. The van der Waals surface area contributed by atoms with Gasteiger partial charge < -0.3 is 10.3 Å². The van der Waals surface area contributed by atoms with Crippen molar-refractivity contribution in [1.82, 2.24) is 15.3 Å². The molecule has 0 fully saturated rings. The Hall–Kier alpha value is -1.33. The van der Waals surface area contributed by atoms with Gasteiger partial charge in [-0.05, 0) is 18.2 Å². The van der Waals surface area contributed by atoms with Gasteiger partial charge >= 0.3 is 0 Å². The predicted molar refractivity (Wildman–Crippen MR) is 68.9 cm³/mol. The topological polar surface area (TPSA) is 57.8 Å². The summed E-state index contributed by atoms with van der Waals surface area (Å²) in [4.78, 5) is 18.6. The second-order valence-electron chi connectivity index (χ2n) is 3.38. The number of halogens is 2. The molecule has 2 aromatic rings. The third kappa shape index (κ3) is 3.08. The van der Waals surface area contributed by atoms with Gasteiger partial charge in [-0.1, -0.05) is 27.5 Å². The first-order chi connectivity index (χ1) is 8.16. The minimum atomic E-state index is -0.211. The molecule has 1 aromatic carbocycles. The number of H-pyrrole nitrogens is 1. The average Bonchev–Trinajstić information content (AvgIpc) is 2.78. The third-order valence-electron chi connectivity index (χ3n) is 2.17. The number of carbonyl (C=O) groups excluding carboxylic acids is 1. The molecular formula is C11H9BrClN3O. The number of imidazole rings is 1. The van der Waals surface area contributed by atoms with Crippen molar-refractivity contribution in [3.63, 3.8) is 0 Å². The molecule has 2 N–H and O–H groups in total. The van der Waals surface area contributed by atoms with E-state index in [1.807, 2.05) is 0 Å². The fraction of sp³-hybridized carbons (Fsp3) is 0.0909. The molecule has 0 radical (unpaired) electrons. The number of hydrogen-bond acceptors (Lipinski definition) is 2. The first-order valence-corrected chi connectivity index (χ1v) is 6.04. The maximum absolute atomic E-state index is 11.8. The highest BCUT2D eigenvalue weighted by molar-refractivity contribution is 9.10. The predicted octanol–water partition coefficient (Wildman–Crippen LogP) is 2.76. The van der Waals surface area contributed by atoms with Gasteiger partial charge in [0.2, 0.25) is 0 Å². The van der Waals surface area contributed by atoms with E-state index in [1.54, 1.807) is 30.7 Å². The highest BCUT2D eigenvalue weighted by Gasteiger charge is 2.10. The van der Waals surface area contributed by atoms with E-state index < -0.39 is 0 Å². The van der Waals surface area contributed by atoms with Crippen molar-refractivity contribution >= 4 is 33.4 Å². The van der Waals surface area contributed by atoms with Crippen LogP contribution in [0.25, 0.3) is 0 Å². The van der Waals surface area contributed by atoms with E-state index in [9.17, 15) is 4.79 Å². The quantitative estimate of drug-likeness (QED) is 0.915. The van der Waals surface area contributed by atoms with E-state index in [2.05, 4.69) is 31.2 Å². The van der Waals surface area contributed by atoms with Crippen LogP contribution in [0.5, 0.6) is 0 Å². The van der Waals surface area contributed by atoms with Crippen LogP contribution in [0.1, 0.15) is 16.1 Å². The van der Waals surface area contributed by atoms with Crippen molar-refractivity contribution in [2.45, 2.75) is 6.54 Å². The fourth-order valence-electron chi connectivity index (χ4n) is 1.33. The summed E-state index contributed by atoms with van der Waals surface area (Å²) in [6, 6.07) is 5.14. The molecule has 1 heterocycles. The number of rotatable bonds is 3.